The summed E-state index contributed by atoms with van der Waals surface area (Å²) in [6.45, 7) is 10.5. The molecule has 0 N–H and O–H groups in total. The van der Waals surface area contributed by atoms with Crippen LogP contribution in [0.4, 0.5) is 10.2 Å². The normalized spacial score (nSPS) is 15.8. The minimum absolute atomic E-state index is 0.0415. The lowest BCUT2D eigenvalue weighted by atomic mass is 10.0. The number of aromatic nitrogens is 3. The molecule has 0 bridgehead atoms. The minimum atomic E-state index is -0.499. The summed E-state index contributed by atoms with van der Waals surface area (Å²) in [5.74, 6) is 2.10. The Morgan fingerprint density at radius 2 is 1.95 bits per heavy atom. The number of carbonyl (C=O) groups is 1. The number of ether oxygens (including phenoxy) is 2. The highest BCUT2D eigenvalue weighted by Crippen LogP contribution is 2.35. The molecule has 1 amide bonds. The monoisotopic (exact) mass is 610 g/mol. The van der Waals surface area contributed by atoms with Crippen molar-refractivity contribution in [2.24, 2.45) is 0 Å². The lowest BCUT2D eigenvalue weighted by molar-refractivity contribution is 0.0713. The number of pyridine rings is 1. The molecule has 0 spiro atoms. The first-order valence-electron chi connectivity index (χ1n) is 15.1. The summed E-state index contributed by atoms with van der Waals surface area (Å²) in [4.78, 5) is 32.9. The molecule has 9 nitrogen and oxygen atoms in total. The third kappa shape index (κ3) is 7.36. The van der Waals surface area contributed by atoms with E-state index >= 15 is 0 Å². The fourth-order valence-corrected chi connectivity index (χ4v) is 5.93. The number of benzene rings is 1. The molecule has 5 rings (SSSR count). The van der Waals surface area contributed by atoms with E-state index in [-0.39, 0.29) is 29.4 Å². The average Bonchev–Trinajstić information content (AvgIpc) is 3.02. The summed E-state index contributed by atoms with van der Waals surface area (Å²) in [6, 6.07) is 5.94. The number of piperidine rings is 1. The van der Waals surface area contributed by atoms with Crippen LogP contribution in [0.3, 0.4) is 0 Å². The summed E-state index contributed by atoms with van der Waals surface area (Å²) in [7, 11) is 0. The van der Waals surface area contributed by atoms with Gasteiger partial charge in [0.2, 0.25) is 0 Å². The summed E-state index contributed by atoms with van der Waals surface area (Å²) in [5.41, 5.74) is 2.47. The number of hydrogen-bond acceptors (Lipinski definition) is 8. The van der Waals surface area contributed by atoms with Gasteiger partial charge >= 0.3 is 0 Å². The van der Waals surface area contributed by atoms with E-state index in [9.17, 15) is 9.18 Å². The van der Waals surface area contributed by atoms with Gasteiger partial charge in [0.05, 0.1) is 11.8 Å². The van der Waals surface area contributed by atoms with Gasteiger partial charge in [-0.15, -0.1) is 11.6 Å². The number of rotatable bonds is 11. The van der Waals surface area contributed by atoms with Gasteiger partial charge in [-0.2, -0.15) is 0 Å². The number of hydrogen-bond donors (Lipinski definition) is 0. The first-order valence-corrected chi connectivity index (χ1v) is 15.7. The SMILES string of the molecule is CCN(C(=O)c1cc(F)ccc1Oc1cncnc1N1CCC(Oc2ccnc3c2CN(CCCCl)CC3)CC1)C(C)C. The zero-order valence-corrected chi connectivity index (χ0v) is 25.9. The maximum absolute atomic E-state index is 14.3. The van der Waals surface area contributed by atoms with Crippen molar-refractivity contribution in [3.8, 4) is 17.2 Å². The Hall–Kier alpha value is -3.50. The number of halogens is 2. The van der Waals surface area contributed by atoms with E-state index < -0.39 is 5.82 Å². The Morgan fingerprint density at radius 1 is 1.14 bits per heavy atom. The molecule has 2 aromatic heterocycles. The van der Waals surface area contributed by atoms with Crippen molar-refractivity contribution in [2.45, 2.75) is 65.1 Å². The van der Waals surface area contributed by atoms with E-state index in [0.29, 0.717) is 37.1 Å². The average molecular weight is 611 g/mol. The lowest BCUT2D eigenvalue weighted by Gasteiger charge is -2.35. The molecule has 2 aliphatic heterocycles. The van der Waals surface area contributed by atoms with E-state index in [1.165, 1.54) is 30.1 Å². The molecule has 1 saturated heterocycles. The first kappa shape index (κ1) is 30.9. The predicted molar refractivity (Wildman–Crippen MR) is 165 cm³/mol. The van der Waals surface area contributed by atoms with Crippen LogP contribution in [0.25, 0.3) is 0 Å². The number of amides is 1. The molecular weight excluding hydrogens is 571 g/mol. The van der Waals surface area contributed by atoms with E-state index in [1.54, 1.807) is 11.1 Å². The first-order chi connectivity index (χ1) is 20.9. The van der Waals surface area contributed by atoms with Gasteiger partial charge < -0.3 is 19.3 Å². The molecular formula is C32H40ClFN6O3. The fourth-order valence-electron chi connectivity index (χ4n) is 5.81. The summed E-state index contributed by atoms with van der Waals surface area (Å²) < 4.78 is 27.1. The minimum Gasteiger partial charge on any atom is -0.490 e. The second kappa shape index (κ2) is 14.3. The van der Waals surface area contributed by atoms with E-state index in [1.807, 2.05) is 33.0 Å². The van der Waals surface area contributed by atoms with E-state index in [4.69, 9.17) is 21.1 Å². The molecule has 0 radical (unpaired) electrons. The molecule has 0 atom stereocenters. The third-order valence-electron chi connectivity index (χ3n) is 8.07. The molecule has 1 aromatic carbocycles. The number of carbonyl (C=O) groups excluding carboxylic acids is 1. The molecule has 0 unspecified atom stereocenters. The number of alkyl halides is 1. The third-order valence-corrected chi connectivity index (χ3v) is 8.33. The van der Waals surface area contributed by atoms with Crippen LogP contribution < -0.4 is 14.4 Å². The van der Waals surface area contributed by atoms with Gasteiger partial charge in [0.15, 0.2) is 11.6 Å². The number of fused-ring (bicyclic) bond motifs is 1. The molecule has 11 heteroatoms. The van der Waals surface area contributed by atoms with Crippen LogP contribution >= 0.6 is 11.6 Å². The highest BCUT2D eigenvalue weighted by molar-refractivity contribution is 6.17. The Morgan fingerprint density at radius 3 is 2.70 bits per heavy atom. The van der Waals surface area contributed by atoms with Crippen LogP contribution in [0, 0.1) is 5.82 Å². The van der Waals surface area contributed by atoms with Crippen LogP contribution in [0.5, 0.6) is 17.2 Å². The van der Waals surface area contributed by atoms with Crippen molar-refractivity contribution in [1.82, 2.24) is 24.8 Å². The highest BCUT2D eigenvalue weighted by atomic mass is 35.5. The maximum atomic E-state index is 14.3. The molecule has 43 heavy (non-hydrogen) atoms. The molecule has 3 aromatic rings. The Kier molecular flexibility index (Phi) is 10.3. The van der Waals surface area contributed by atoms with Gasteiger partial charge in [0, 0.05) is 81.4 Å². The lowest BCUT2D eigenvalue weighted by Crippen LogP contribution is -2.39. The van der Waals surface area contributed by atoms with E-state index in [0.717, 1.165) is 56.8 Å². The van der Waals surface area contributed by atoms with Gasteiger partial charge in [-0.05, 0) is 58.0 Å². The van der Waals surface area contributed by atoms with Crippen LogP contribution in [-0.4, -0.2) is 81.4 Å². The molecule has 0 saturated carbocycles. The number of anilines is 1. The smallest absolute Gasteiger partial charge is 0.257 e. The summed E-state index contributed by atoms with van der Waals surface area (Å²) >= 11 is 5.93. The zero-order valence-electron chi connectivity index (χ0n) is 25.1. The largest absolute Gasteiger partial charge is 0.490 e. The molecule has 230 valence electrons. The quantitative estimate of drug-likeness (QED) is 0.255. The van der Waals surface area contributed by atoms with Gasteiger partial charge in [0.1, 0.15) is 29.7 Å². The second-order valence-electron chi connectivity index (χ2n) is 11.2. The van der Waals surface area contributed by atoms with E-state index in [2.05, 4.69) is 24.8 Å². The van der Waals surface area contributed by atoms with Gasteiger partial charge in [-0.3, -0.25) is 14.7 Å². The topological polar surface area (TPSA) is 83.9 Å². The standard InChI is InChI=1S/C32H40ClFN6O3/c1-4-40(22(2)3)32(41)25-18-23(34)6-7-28(25)43-30-19-35-21-37-31(30)39-16-9-24(10-17-39)42-29-8-13-36-27-11-15-38(14-5-12-33)20-26(27)29/h6-8,13,18-19,21-22,24H,4-5,9-12,14-17,20H2,1-3H3. The predicted octanol–water partition coefficient (Wildman–Crippen LogP) is 5.71. The molecule has 2 aliphatic rings. The maximum Gasteiger partial charge on any atom is 0.257 e. The highest BCUT2D eigenvalue weighted by Gasteiger charge is 2.28. The molecule has 4 heterocycles. The zero-order chi connectivity index (χ0) is 30.3. The van der Waals surface area contributed by atoms with Crippen molar-refractivity contribution in [1.29, 1.82) is 0 Å². The summed E-state index contributed by atoms with van der Waals surface area (Å²) in [5, 5.41) is 0. The van der Waals surface area contributed by atoms with Gasteiger partial charge in [-0.25, -0.2) is 14.4 Å². The Bertz CT molecular complexity index is 1400. The van der Waals surface area contributed by atoms with Crippen molar-refractivity contribution < 1.29 is 18.7 Å². The Balaban J connectivity index is 1.27. The van der Waals surface area contributed by atoms with Crippen LogP contribution in [-0.2, 0) is 13.0 Å². The van der Waals surface area contributed by atoms with Crippen LogP contribution in [0.15, 0.2) is 43.0 Å². The second-order valence-corrected chi connectivity index (χ2v) is 11.6. The van der Waals surface area contributed by atoms with Crippen molar-refractivity contribution in [3.63, 3.8) is 0 Å². The number of nitrogens with zero attached hydrogens (tertiary/aromatic N) is 6. The molecule has 0 aliphatic carbocycles. The van der Waals surface area contributed by atoms with Gasteiger partial charge in [0.25, 0.3) is 5.91 Å². The van der Waals surface area contributed by atoms with Gasteiger partial charge in [-0.1, -0.05) is 0 Å². The van der Waals surface area contributed by atoms with Crippen LogP contribution in [0.2, 0.25) is 0 Å². The van der Waals surface area contributed by atoms with Crippen molar-refractivity contribution in [3.05, 3.63) is 65.6 Å². The fraction of sp³-hybridized carbons (Fsp3) is 0.500. The van der Waals surface area contributed by atoms with Crippen molar-refractivity contribution >= 4 is 23.3 Å². The van der Waals surface area contributed by atoms with Crippen LogP contribution in [0.1, 0.15) is 61.6 Å². The Labute approximate surface area is 258 Å². The van der Waals surface area contributed by atoms with Crippen molar-refractivity contribution in [2.75, 3.05) is 43.5 Å². The summed E-state index contributed by atoms with van der Waals surface area (Å²) in [6.07, 6.45) is 8.46. The molecule has 1 fully saturated rings.